The van der Waals surface area contributed by atoms with Crippen molar-refractivity contribution in [3.63, 3.8) is 0 Å². The van der Waals surface area contributed by atoms with Gasteiger partial charge >= 0.3 is 5.97 Å². The van der Waals surface area contributed by atoms with Gasteiger partial charge in [-0.25, -0.2) is 0 Å². The average molecular weight is 269 g/mol. The van der Waals surface area contributed by atoms with E-state index < -0.39 is 0 Å². The van der Waals surface area contributed by atoms with E-state index in [1.165, 1.54) is 11.1 Å². The first kappa shape index (κ1) is 14.1. The van der Waals surface area contributed by atoms with Gasteiger partial charge in [-0.2, -0.15) is 0 Å². The Balaban J connectivity index is 2.04. The van der Waals surface area contributed by atoms with Crippen molar-refractivity contribution in [1.29, 1.82) is 0 Å². The fourth-order valence-electron chi connectivity index (χ4n) is 2.04. The fourth-order valence-corrected chi connectivity index (χ4v) is 2.04. The fraction of sp³-hybridized carbons (Fsp3) is 0.235. The SMILES string of the molecule is CCOC(=O)CNc1ccccc1Cc1ccccc1. The Labute approximate surface area is 119 Å². The molecule has 20 heavy (non-hydrogen) atoms. The van der Waals surface area contributed by atoms with Crippen molar-refractivity contribution < 1.29 is 9.53 Å². The highest BCUT2D eigenvalue weighted by molar-refractivity contribution is 5.75. The van der Waals surface area contributed by atoms with Crippen LogP contribution in [0.1, 0.15) is 18.1 Å². The minimum Gasteiger partial charge on any atom is -0.465 e. The molecule has 0 bridgehead atoms. The molecule has 0 heterocycles. The van der Waals surface area contributed by atoms with Crippen LogP contribution in [0.3, 0.4) is 0 Å². The topological polar surface area (TPSA) is 38.3 Å². The van der Waals surface area contributed by atoms with Crippen LogP contribution in [0.15, 0.2) is 54.6 Å². The van der Waals surface area contributed by atoms with E-state index in [4.69, 9.17) is 4.74 Å². The molecular weight excluding hydrogens is 250 g/mol. The number of nitrogens with one attached hydrogen (secondary N) is 1. The monoisotopic (exact) mass is 269 g/mol. The summed E-state index contributed by atoms with van der Waals surface area (Å²) in [4.78, 5) is 11.4. The molecule has 0 amide bonds. The molecule has 2 rings (SSSR count). The molecule has 0 unspecified atom stereocenters. The van der Waals surface area contributed by atoms with Gasteiger partial charge in [0.15, 0.2) is 0 Å². The van der Waals surface area contributed by atoms with Crippen molar-refractivity contribution in [2.45, 2.75) is 13.3 Å². The second-order valence-electron chi connectivity index (χ2n) is 4.48. The number of carbonyl (C=O) groups excluding carboxylic acids is 1. The van der Waals surface area contributed by atoms with Gasteiger partial charge in [0, 0.05) is 5.69 Å². The summed E-state index contributed by atoms with van der Waals surface area (Å²) in [7, 11) is 0. The van der Waals surface area contributed by atoms with Crippen molar-refractivity contribution in [2.24, 2.45) is 0 Å². The van der Waals surface area contributed by atoms with Crippen molar-refractivity contribution in [3.05, 3.63) is 65.7 Å². The number of esters is 1. The number of benzene rings is 2. The van der Waals surface area contributed by atoms with E-state index in [2.05, 4.69) is 23.5 Å². The van der Waals surface area contributed by atoms with Gasteiger partial charge in [0.2, 0.25) is 0 Å². The molecular formula is C17H19NO2. The molecule has 0 atom stereocenters. The summed E-state index contributed by atoms with van der Waals surface area (Å²) in [5.74, 6) is -0.234. The second-order valence-corrected chi connectivity index (χ2v) is 4.48. The Kier molecular flexibility index (Phi) is 5.18. The lowest BCUT2D eigenvalue weighted by atomic mass is 10.0. The average Bonchev–Trinajstić information content (AvgIpc) is 2.48. The lowest BCUT2D eigenvalue weighted by molar-refractivity contribution is -0.140. The van der Waals surface area contributed by atoms with E-state index in [1.54, 1.807) is 6.92 Å². The Hall–Kier alpha value is -2.29. The molecule has 0 aliphatic carbocycles. The third-order valence-electron chi connectivity index (χ3n) is 2.98. The molecule has 0 aliphatic rings. The van der Waals surface area contributed by atoms with E-state index in [0.717, 1.165) is 12.1 Å². The number of para-hydroxylation sites is 1. The number of carbonyl (C=O) groups is 1. The van der Waals surface area contributed by atoms with Crippen molar-refractivity contribution in [3.8, 4) is 0 Å². The molecule has 2 aromatic rings. The maximum atomic E-state index is 11.4. The van der Waals surface area contributed by atoms with E-state index in [9.17, 15) is 4.79 Å². The van der Waals surface area contributed by atoms with E-state index in [1.807, 2.05) is 36.4 Å². The first-order valence-corrected chi connectivity index (χ1v) is 6.81. The number of hydrogen-bond donors (Lipinski definition) is 1. The number of anilines is 1. The molecule has 3 heteroatoms. The molecule has 104 valence electrons. The standard InChI is InChI=1S/C17H19NO2/c1-2-20-17(19)13-18-16-11-7-6-10-15(16)12-14-8-4-3-5-9-14/h3-11,18H,2,12-13H2,1H3. The van der Waals surface area contributed by atoms with Crippen LogP contribution in [0.4, 0.5) is 5.69 Å². The normalized spacial score (nSPS) is 10.1. The van der Waals surface area contributed by atoms with Crippen LogP contribution < -0.4 is 5.32 Å². The van der Waals surface area contributed by atoms with Crippen LogP contribution >= 0.6 is 0 Å². The summed E-state index contributed by atoms with van der Waals surface area (Å²) >= 11 is 0. The molecule has 1 N–H and O–H groups in total. The number of hydrogen-bond acceptors (Lipinski definition) is 3. The summed E-state index contributed by atoms with van der Waals surface area (Å²) in [5.41, 5.74) is 3.39. The second kappa shape index (κ2) is 7.34. The maximum Gasteiger partial charge on any atom is 0.325 e. The third kappa shape index (κ3) is 4.12. The zero-order chi connectivity index (χ0) is 14.2. The van der Waals surface area contributed by atoms with Crippen molar-refractivity contribution >= 4 is 11.7 Å². The Bertz CT molecular complexity index is 552. The molecule has 0 aliphatic heterocycles. The summed E-state index contributed by atoms with van der Waals surface area (Å²) in [5, 5.41) is 3.14. The molecule has 0 saturated carbocycles. The van der Waals surface area contributed by atoms with Crippen LogP contribution in [0.2, 0.25) is 0 Å². The number of rotatable bonds is 6. The van der Waals surface area contributed by atoms with Crippen LogP contribution in [-0.4, -0.2) is 19.1 Å². The molecule has 3 nitrogen and oxygen atoms in total. The van der Waals surface area contributed by atoms with Crippen molar-refractivity contribution in [2.75, 3.05) is 18.5 Å². The Morgan fingerprint density at radius 3 is 2.50 bits per heavy atom. The maximum absolute atomic E-state index is 11.4. The summed E-state index contributed by atoms with van der Waals surface area (Å²) in [6.07, 6.45) is 0.840. The smallest absolute Gasteiger partial charge is 0.325 e. The van der Waals surface area contributed by atoms with E-state index in [0.29, 0.717) is 6.61 Å². The van der Waals surface area contributed by atoms with Gasteiger partial charge in [0.25, 0.3) is 0 Å². The van der Waals surface area contributed by atoms with Gasteiger partial charge in [-0.1, -0.05) is 48.5 Å². The number of ether oxygens (including phenoxy) is 1. The molecule has 0 aromatic heterocycles. The molecule has 0 fully saturated rings. The quantitative estimate of drug-likeness (QED) is 0.818. The molecule has 0 saturated heterocycles. The highest BCUT2D eigenvalue weighted by Crippen LogP contribution is 2.18. The summed E-state index contributed by atoms with van der Waals surface area (Å²) in [6.45, 7) is 2.41. The Morgan fingerprint density at radius 1 is 1.05 bits per heavy atom. The van der Waals surface area contributed by atoms with Crippen LogP contribution in [0, 0.1) is 0 Å². The highest BCUT2D eigenvalue weighted by atomic mass is 16.5. The van der Waals surface area contributed by atoms with Crippen molar-refractivity contribution in [1.82, 2.24) is 0 Å². The highest BCUT2D eigenvalue weighted by Gasteiger charge is 2.05. The largest absolute Gasteiger partial charge is 0.465 e. The van der Waals surface area contributed by atoms with E-state index >= 15 is 0 Å². The predicted octanol–water partition coefficient (Wildman–Crippen LogP) is 3.25. The van der Waals surface area contributed by atoms with Gasteiger partial charge in [-0.3, -0.25) is 4.79 Å². The van der Waals surface area contributed by atoms with Gasteiger partial charge in [0.1, 0.15) is 6.54 Å². The van der Waals surface area contributed by atoms with E-state index in [-0.39, 0.29) is 12.5 Å². The first-order valence-electron chi connectivity index (χ1n) is 6.81. The third-order valence-corrected chi connectivity index (χ3v) is 2.98. The first-order chi connectivity index (χ1) is 9.79. The summed E-state index contributed by atoms with van der Waals surface area (Å²) < 4.78 is 4.92. The van der Waals surface area contributed by atoms with Gasteiger partial charge in [-0.15, -0.1) is 0 Å². The van der Waals surface area contributed by atoms with Gasteiger partial charge in [0.05, 0.1) is 6.61 Å². The zero-order valence-electron chi connectivity index (χ0n) is 11.6. The Morgan fingerprint density at radius 2 is 1.75 bits per heavy atom. The minimum atomic E-state index is -0.234. The van der Waals surface area contributed by atoms with Crippen LogP contribution in [0.5, 0.6) is 0 Å². The van der Waals surface area contributed by atoms with Gasteiger partial charge < -0.3 is 10.1 Å². The lowest BCUT2D eigenvalue weighted by Gasteiger charge is -2.11. The summed E-state index contributed by atoms with van der Waals surface area (Å²) in [6, 6.07) is 18.3. The molecule has 0 radical (unpaired) electrons. The minimum absolute atomic E-state index is 0.194. The molecule has 2 aromatic carbocycles. The van der Waals surface area contributed by atoms with Crippen LogP contribution in [-0.2, 0) is 16.0 Å². The van der Waals surface area contributed by atoms with Crippen LogP contribution in [0.25, 0.3) is 0 Å². The van der Waals surface area contributed by atoms with Gasteiger partial charge in [-0.05, 0) is 30.5 Å². The predicted molar refractivity (Wildman–Crippen MR) is 80.8 cm³/mol. The molecule has 0 spiro atoms. The zero-order valence-corrected chi connectivity index (χ0v) is 11.6. The lowest BCUT2D eigenvalue weighted by Crippen LogP contribution is -2.17.